The van der Waals surface area contributed by atoms with Gasteiger partial charge in [0.15, 0.2) is 0 Å². The highest BCUT2D eigenvalue weighted by Crippen LogP contribution is 2.59. The molecule has 3 rings (SSSR count). The number of nitrogens with two attached hydrogens (primary N) is 1. The topological polar surface area (TPSA) is 55.9 Å². The van der Waals surface area contributed by atoms with Crippen molar-refractivity contribution in [1.29, 1.82) is 0 Å². The van der Waals surface area contributed by atoms with Gasteiger partial charge < -0.3 is 0 Å². The van der Waals surface area contributed by atoms with Crippen LogP contribution in [-0.2, 0) is 13.5 Å². The Labute approximate surface area is 103 Å². The third-order valence-electron chi connectivity index (χ3n) is 4.79. The molecule has 3 atom stereocenters. The van der Waals surface area contributed by atoms with Gasteiger partial charge in [-0.3, -0.25) is 16.0 Å². The summed E-state index contributed by atoms with van der Waals surface area (Å²) in [4.78, 5) is 0. The Bertz CT molecular complexity index is 377. The van der Waals surface area contributed by atoms with Crippen LogP contribution in [0.25, 0.3) is 0 Å². The van der Waals surface area contributed by atoms with E-state index < -0.39 is 0 Å². The monoisotopic (exact) mass is 234 g/mol. The number of hydrogen-bond acceptors (Lipinski definition) is 3. The molecule has 17 heavy (non-hydrogen) atoms. The standard InChI is InChI=1S/C13H22N4/c1-17-9(7-8-15-17)5-6-12(16-14)13-10-3-2-4-11(10)13/h7-8,10-13,16H,2-6,14H2,1H3. The van der Waals surface area contributed by atoms with Crippen LogP contribution in [0.15, 0.2) is 12.3 Å². The van der Waals surface area contributed by atoms with E-state index in [-0.39, 0.29) is 0 Å². The van der Waals surface area contributed by atoms with Crippen LogP contribution in [0.3, 0.4) is 0 Å². The normalized spacial score (nSPS) is 32.5. The third-order valence-corrected chi connectivity index (χ3v) is 4.79. The minimum absolute atomic E-state index is 0.500. The molecule has 2 aliphatic carbocycles. The van der Waals surface area contributed by atoms with Gasteiger partial charge in [0.05, 0.1) is 0 Å². The van der Waals surface area contributed by atoms with Crippen LogP contribution in [0.5, 0.6) is 0 Å². The summed E-state index contributed by atoms with van der Waals surface area (Å²) in [6, 6.07) is 2.60. The van der Waals surface area contributed by atoms with Crippen LogP contribution in [-0.4, -0.2) is 15.8 Å². The van der Waals surface area contributed by atoms with Gasteiger partial charge in [0.1, 0.15) is 0 Å². The lowest BCUT2D eigenvalue weighted by Crippen LogP contribution is -2.38. The Morgan fingerprint density at radius 3 is 2.88 bits per heavy atom. The minimum atomic E-state index is 0.500. The Kier molecular flexibility index (Phi) is 2.92. The van der Waals surface area contributed by atoms with Crippen LogP contribution in [0, 0.1) is 17.8 Å². The zero-order valence-corrected chi connectivity index (χ0v) is 10.5. The van der Waals surface area contributed by atoms with Gasteiger partial charge in [0, 0.05) is 25.0 Å². The molecule has 0 aromatic carbocycles. The summed E-state index contributed by atoms with van der Waals surface area (Å²) in [6.07, 6.45) is 8.37. The molecule has 2 aliphatic rings. The molecule has 3 N–H and O–H groups in total. The first-order chi connectivity index (χ1) is 8.31. The molecule has 0 radical (unpaired) electrons. The fourth-order valence-corrected chi connectivity index (χ4v) is 3.81. The second-order valence-electron chi connectivity index (χ2n) is 5.59. The van der Waals surface area contributed by atoms with Gasteiger partial charge >= 0.3 is 0 Å². The van der Waals surface area contributed by atoms with Gasteiger partial charge in [-0.1, -0.05) is 6.42 Å². The van der Waals surface area contributed by atoms with Crippen molar-refractivity contribution in [3.05, 3.63) is 18.0 Å². The fraction of sp³-hybridized carbons (Fsp3) is 0.769. The van der Waals surface area contributed by atoms with E-state index in [4.69, 9.17) is 5.84 Å². The molecule has 94 valence electrons. The molecular weight excluding hydrogens is 212 g/mol. The SMILES string of the molecule is Cn1nccc1CCC(NN)C1C2CCCC21. The summed E-state index contributed by atoms with van der Waals surface area (Å²) in [5.41, 5.74) is 4.35. The number of rotatable bonds is 5. The first-order valence-corrected chi connectivity index (χ1v) is 6.74. The highest BCUT2D eigenvalue weighted by molar-refractivity contribution is 5.07. The van der Waals surface area contributed by atoms with Crippen LogP contribution in [0.2, 0.25) is 0 Å². The van der Waals surface area contributed by atoms with E-state index >= 15 is 0 Å². The Morgan fingerprint density at radius 1 is 1.53 bits per heavy atom. The summed E-state index contributed by atoms with van der Waals surface area (Å²) >= 11 is 0. The number of aryl methyl sites for hydroxylation is 2. The largest absolute Gasteiger partial charge is 0.273 e. The number of hydrogen-bond donors (Lipinski definition) is 2. The van der Waals surface area contributed by atoms with Crippen LogP contribution in [0.1, 0.15) is 31.4 Å². The number of hydrazine groups is 1. The summed E-state index contributed by atoms with van der Waals surface area (Å²) in [5, 5.41) is 4.20. The number of nitrogens with zero attached hydrogens (tertiary/aromatic N) is 2. The Balaban J connectivity index is 1.55. The molecule has 0 bridgehead atoms. The lowest BCUT2D eigenvalue weighted by atomic mass is 9.99. The second-order valence-corrected chi connectivity index (χ2v) is 5.59. The molecule has 1 aromatic heterocycles. The number of nitrogens with one attached hydrogen (secondary N) is 1. The smallest absolute Gasteiger partial charge is 0.0492 e. The van der Waals surface area contributed by atoms with E-state index in [9.17, 15) is 0 Å². The van der Waals surface area contributed by atoms with E-state index in [1.54, 1.807) is 0 Å². The van der Waals surface area contributed by atoms with Crippen molar-refractivity contribution in [3.8, 4) is 0 Å². The zero-order chi connectivity index (χ0) is 11.8. The van der Waals surface area contributed by atoms with Crippen molar-refractivity contribution in [2.24, 2.45) is 30.6 Å². The molecule has 0 amide bonds. The molecule has 1 heterocycles. The van der Waals surface area contributed by atoms with Crippen LogP contribution < -0.4 is 11.3 Å². The second kappa shape index (κ2) is 4.42. The summed E-state index contributed by atoms with van der Waals surface area (Å²) in [6.45, 7) is 0. The zero-order valence-electron chi connectivity index (χ0n) is 10.5. The van der Waals surface area contributed by atoms with Crippen molar-refractivity contribution in [1.82, 2.24) is 15.2 Å². The van der Waals surface area contributed by atoms with Crippen molar-refractivity contribution in [2.75, 3.05) is 0 Å². The first kappa shape index (κ1) is 11.2. The Hall–Kier alpha value is -0.870. The summed E-state index contributed by atoms with van der Waals surface area (Å²) in [7, 11) is 2.01. The highest BCUT2D eigenvalue weighted by Gasteiger charge is 2.55. The predicted molar refractivity (Wildman–Crippen MR) is 67.0 cm³/mol. The predicted octanol–water partition coefficient (Wildman–Crippen LogP) is 1.23. The van der Waals surface area contributed by atoms with Crippen LogP contribution >= 0.6 is 0 Å². The van der Waals surface area contributed by atoms with E-state index in [0.29, 0.717) is 6.04 Å². The maximum atomic E-state index is 5.72. The van der Waals surface area contributed by atoms with Gasteiger partial charge in [0.2, 0.25) is 0 Å². The lowest BCUT2D eigenvalue weighted by molar-refractivity contribution is 0.388. The van der Waals surface area contributed by atoms with Crippen LogP contribution in [0.4, 0.5) is 0 Å². The third kappa shape index (κ3) is 2.00. The molecule has 2 fully saturated rings. The maximum Gasteiger partial charge on any atom is 0.0492 e. The van der Waals surface area contributed by atoms with E-state index in [2.05, 4.69) is 16.6 Å². The van der Waals surface area contributed by atoms with Gasteiger partial charge in [-0.05, 0) is 49.5 Å². The van der Waals surface area contributed by atoms with Gasteiger partial charge in [0.25, 0.3) is 0 Å². The average molecular weight is 234 g/mol. The van der Waals surface area contributed by atoms with Gasteiger partial charge in [-0.15, -0.1) is 0 Å². The molecular formula is C13H22N4. The molecule has 0 aliphatic heterocycles. The summed E-state index contributed by atoms with van der Waals surface area (Å²) < 4.78 is 1.96. The fourth-order valence-electron chi connectivity index (χ4n) is 3.81. The van der Waals surface area contributed by atoms with Crippen molar-refractivity contribution < 1.29 is 0 Å². The minimum Gasteiger partial charge on any atom is -0.273 e. The number of fused-ring (bicyclic) bond motifs is 1. The molecule has 0 spiro atoms. The number of aromatic nitrogens is 2. The summed E-state index contributed by atoms with van der Waals surface area (Å²) in [5.74, 6) is 8.52. The van der Waals surface area contributed by atoms with Gasteiger partial charge in [-0.25, -0.2) is 0 Å². The van der Waals surface area contributed by atoms with E-state index in [0.717, 1.165) is 30.6 Å². The van der Waals surface area contributed by atoms with Gasteiger partial charge in [-0.2, -0.15) is 5.10 Å². The maximum absolute atomic E-state index is 5.72. The van der Waals surface area contributed by atoms with Crippen molar-refractivity contribution in [3.63, 3.8) is 0 Å². The van der Waals surface area contributed by atoms with E-state index in [1.807, 2.05) is 17.9 Å². The lowest BCUT2D eigenvalue weighted by Gasteiger charge is -2.17. The quantitative estimate of drug-likeness (QED) is 0.595. The molecule has 4 heteroatoms. The molecule has 2 saturated carbocycles. The van der Waals surface area contributed by atoms with Crippen molar-refractivity contribution in [2.45, 2.75) is 38.1 Å². The highest BCUT2D eigenvalue weighted by atomic mass is 15.3. The molecule has 1 aromatic rings. The molecule has 0 saturated heterocycles. The molecule has 4 nitrogen and oxygen atoms in total. The first-order valence-electron chi connectivity index (χ1n) is 6.74. The average Bonchev–Trinajstić information content (AvgIpc) is 2.70. The van der Waals surface area contributed by atoms with E-state index in [1.165, 1.54) is 25.0 Å². The Morgan fingerprint density at radius 2 is 2.29 bits per heavy atom. The van der Waals surface area contributed by atoms with Crippen molar-refractivity contribution >= 4 is 0 Å². The molecule has 3 unspecified atom stereocenters.